The summed E-state index contributed by atoms with van der Waals surface area (Å²) in [6.45, 7) is 2.19. The minimum atomic E-state index is -0.0663. The van der Waals surface area contributed by atoms with Gasteiger partial charge in [-0.2, -0.15) is 0 Å². The van der Waals surface area contributed by atoms with Crippen LogP contribution in [0.25, 0.3) is 11.4 Å². The Morgan fingerprint density at radius 1 is 1.33 bits per heavy atom. The predicted molar refractivity (Wildman–Crippen MR) is 89.1 cm³/mol. The van der Waals surface area contributed by atoms with Crippen LogP contribution >= 0.6 is 0 Å². The zero-order valence-corrected chi connectivity index (χ0v) is 13.4. The molecule has 24 heavy (non-hydrogen) atoms. The van der Waals surface area contributed by atoms with Gasteiger partial charge in [0.1, 0.15) is 11.6 Å². The Morgan fingerprint density at radius 2 is 2.25 bits per heavy atom. The molecule has 122 valence electrons. The summed E-state index contributed by atoms with van der Waals surface area (Å²) >= 11 is 0. The van der Waals surface area contributed by atoms with Gasteiger partial charge in [0.2, 0.25) is 0 Å². The van der Waals surface area contributed by atoms with E-state index < -0.39 is 0 Å². The molecule has 0 radical (unpaired) electrons. The van der Waals surface area contributed by atoms with Crippen molar-refractivity contribution in [3.05, 3.63) is 64.4 Å². The first-order chi connectivity index (χ1) is 11.7. The number of fused-ring (bicyclic) bond motifs is 1. The molecule has 4 rings (SSSR count). The van der Waals surface area contributed by atoms with Crippen LogP contribution in [0.5, 0.6) is 0 Å². The first-order valence-electron chi connectivity index (χ1n) is 7.92. The fourth-order valence-electron chi connectivity index (χ4n) is 3.00. The van der Waals surface area contributed by atoms with Crippen LogP contribution in [0.2, 0.25) is 0 Å². The number of imidazole rings is 1. The second kappa shape index (κ2) is 6.01. The van der Waals surface area contributed by atoms with Crippen LogP contribution < -0.4 is 5.56 Å². The van der Waals surface area contributed by atoms with Gasteiger partial charge in [-0.25, -0.2) is 9.97 Å². The van der Waals surface area contributed by atoms with Gasteiger partial charge in [0.25, 0.3) is 5.56 Å². The number of rotatable bonds is 3. The number of aryl methyl sites for hydroxylation is 1. The number of nitrogens with zero attached hydrogens (tertiary/aromatic N) is 5. The van der Waals surface area contributed by atoms with Crippen LogP contribution in [-0.2, 0) is 26.6 Å². The van der Waals surface area contributed by atoms with E-state index in [1.807, 2.05) is 29.9 Å². The van der Waals surface area contributed by atoms with Gasteiger partial charge in [-0.3, -0.25) is 14.7 Å². The molecule has 3 aromatic heterocycles. The van der Waals surface area contributed by atoms with Gasteiger partial charge in [-0.05, 0) is 12.1 Å². The molecule has 1 N–H and O–H groups in total. The van der Waals surface area contributed by atoms with Crippen molar-refractivity contribution in [1.82, 2.24) is 29.4 Å². The van der Waals surface area contributed by atoms with E-state index >= 15 is 0 Å². The molecular weight excluding hydrogens is 304 g/mol. The van der Waals surface area contributed by atoms with Crippen molar-refractivity contribution >= 4 is 0 Å². The second-order valence-corrected chi connectivity index (χ2v) is 6.00. The molecule has 0 saturated carbocycles. The van der Waals surface area contributed by atoms with Gasteiger partial charge in [-0.15, -0.1) is 0 Å². The summed E-state index contributed by atoms with van der Waals surface area (Å²) in [5.74, 6) is 1.58. The summed E-state index contributed by atoms with van der Waals surface area (Å²) in [7, 11) is 1.98. The average molecular weight is 322 g/mol. The summed E-state index contributed by atoms with van der Waals surface area (Å²) in [4.78, 5) is 30.7. The molecule has 0 bridgehead atoms. The molecule has 0 spiro atoms. The highest BCUT2D eigenvalue weighted by Crippen LogP contribution is 2.19. The summed E-state index contributed by atoms with van der Waals surface area (Å²) in [5, 5.41) is 0. The summed E-state index contributed by atoms with van der Waals surface area (Å²) < 4.78 is 2.00. The molecule has 3 aromatic rings. The number of nitrogens with one attached hydrogen (secondary N) is 1. The summed E-state index contributed by atoms with van der Waals surface area (Å²) in [6.07, 6.45) is 7.90. The van der Waals surface area contributed by atoms with Crippen molar-refractivity contribution < 1.29 is 0 Å². The monoisotopic (exact) mass is 322 g/mol. The van der Waals surface area contributed by atoms with Gasteiger partial charge < -0.3 is 9.55 Å². The van der Waals surface area contributed by atoms with Crippen molar-refractivity contribution in [2.75, 3.05) is 6.54 Å². The van der Waals surface area contributed by atoms with E-state index in [4.69, 9.17) is 0 Å². The van der Waals surface area contributed by atoms with Gasteiger partial charge in [0.15, 0.2) is 0 Å². The molecule has 1 aliphatic heterocycles. The highest BCUT2D eigenvalue weighted by atomic mass is 16.1. The molecule has 0 fully saturated rings. The Bertz CT molecular complexity index is 914. The van der Waals surface area contributed by atoms with Gasteiger partial charge in [0, 0.05) is 56.9 Å². The Balaban J connectivity index is 1.61. The third kappa shape index (κ3) is 2.74. The Kier molecular flexibility index (Phi) is 3.70. The van der Waals surface area contributed by atoms with Gasteiger partial charge >= 0.3 is 0 Å². The van der Waals surface area contributed by atoms with Gasteiger partial charge in [0.05, 0.1) is 17.8 Å². The van der Waals surface area contributed by atoms with Crippen molar-refractivity contribution in [3.63, 3.8) is 0 Å². The van der Waals surface area contributed by atoms with Crippen LogP contribution in [0.15, 0.2) is 41.7 Å². The topological polar surface area (TPSA) is 79.7 Å². The minimum Gasteiger partial charge on any atom is -0.337 e. The Morgan fingerprint density at radius 3 is 3.00 bits per heavy atom. The molecular formula is C17H18N6O. The molecule has 4 heterocycles. The highest BCUT2D eigenvalue weighted by Gasteiger charge is 2.22. The molecule has 0 saturated heterocycles. The quantitative estimate of drug-likeness (QED) is 0.782. The fourth-order valence-corrected chi connectivity index (χ4v) is 3.00. The molecule has 7 nitrogen and oxygen atoms in total. The number of pyridine rings is 1. The molecule has 1 aliphatic rings. The molecule has 0 aliphatic carbocycles. The molecule has 0 amide bonds. The van der Waals surface area contributed by atoms with Crippen LogP contribution in [0, 0.1) is 0 Å². The van der Waals surface area contributed by atoms with Crippen molar-refractivity contribution in [3.8, 4) is 11.4 Å². The van der Waals surface area contributed by atoms with Crippen molar-refractivity contribution in [2.24, 2.45) is 7.05 Å². The van der Waals surface area contributed by atoms with Gasteiger partial charge in [-0.1, -0.05) is 0 Å². The first kappa shape index (κ1) is 14.8. The zero-order chi connectivity index (χ0) is 16.5. The lowest BCUT2D eigenvalue weighted by molar-refractivity contribution is 0.233. The second-order valence-electron chi connectivity index (χ2n) is 6.00. The van der Waals surface area contributed by atoms with Crippen LogP contribution in [0.1, 0.15) is 17.1 Å². The largest absolute Gasteiger partial charge is 0.337 e. The van der Waals surface area contributed by atoms with E-state index in [2.05, 4.69) is 24.8 Å². The SMILES string of the molecule is Cn1ccnc1CN1CCc2nc(-c3cccnc3)[nH]c(=O)c2C1. The van der Waals surface area contributed by atoms with Crippen LogP contribution in [0.4, 0.5) is 0 Å². The number of aromatic nitrogens is 5. The maximum atomic E-state index is 12.5. The standard InChI is InChI=1S/C17H18N6O/c1-22-8-6-19-15(22)11-23-7-4-14-13(10-23)17(24)21-16(20-14)12-3-2-5-18-9-12/h2-3,5-6,8-9H,4,7,10-11H2,1H3,(H,20,21,24). The first-order valence-corrected chi connectivity index (χ1v) is 7.92. The van der Waals surface area contributed by atoms with Crippen LogP contribution in [-0.4, -0.2) is 35.9 Å². The number of aromatic amines is 1. The Labute approximate surface area is 139 Å². The maximum absolute atomic E-state index is 12.5. The third-order valence-electron chi connectivity index (χ3n) is 4.37. The Hall–Kier alpha value is -2.80. The molecule has 0 atom stereocenters. The third-order valence-corrected chi connectivity index (χ3v) is 4.37. The lowest BCUT2D eigenvalue weighted by atomic mass is 10.1. The molecule has 7 heteroatoms. The van der Waals surface area contributed by atoms with Crippen molar-refractivity contribution in [2.45, 2.75) is 19.5 Å². The minimum absolute atomic E-state index is 0.0663. The van der Waals surface area contributed by atoms with E-state index in [-0.39, 0.29) is 5.56 Å². The molecule has 0 aromatic carbocycles. The number of hydrogen-bond donors (Lipinski definition) is 1. The van der Waals surface area contributed by atoms with E-state index in [9.17, 15) is 4.79 Å². The van der Waals surface area contributed by atoms with E-state index in [0.29, 0.717) is 12.4 Å². The number of hydrogen-bond acceptors (Lipinski definition) is 5. The number of H-pyrrole nitrogens is 1. The predicted octanol–water partition coefficient (Wildman–Crippen LogP) is 1.12. The van der Waals surface area contributed by atoms with E-state index in [1.54, 1.807) is 18.6 Å². The summed E-state index contributed by atoms with van der Waals surface area (Å²) in [6, 6.07) is 3.73. The highest BCUT2D eigenvalue weighted by molar-refractivity contribution is 5.53. The van der Waals surface area contributed by atoms with E-state index in [0.717, 1.165) is 42.2 Å². The normalized spacial score (nSPS) is 14.5. The van der Waals surface area contributed by atoms with Crippen LogP contribution in [0.3, 0.4) is 0 Å². The fraction of sp³-hybridized carbons (Fsp3) is 0.294. The maximum Gasteiger partial charge on any atom is 0.255 e. The summed E-state index contributed by atoms with van der Waals surface area (Å²) in [5.41, 5.74) is 2.40. The lowest BCUT2D eigenvalue weighted by Gasteiger charge is -2.27. The molecule has 0 unspecified atom stereocenters. The zero-order valence-electron chi connectivity index (χ0n) is 13.4. The van der Waals surface area contributed by atoms with E-state index in [1.165, 1.54) is 0 Å². The van der Waals surface area contributed by atoms with Crippen molar-refractivity contribution in [1.29, 1.82) is 0 Å². The average Bonchev–Trinajstić information content (AvgIpc) is 3.01. The smallest absolute Gasteiger partial charge is 0.255 e. The lowest BCUT2D eigenvalue weighted by Crippen LogP contribution is -2.36.